The van der Waals surface area contributed by atoms with Crippen LogP contribution >= 0.6 is 0 Å². The summed E-state index contributed by atoms with van der Waals surface area (Å²) >= 11 is 0. The summed E-state index contributed by atoms with van der Waals surface area (Å²) in [6.07, 6.45) is 1.56. The third-order valence-corrected chi connectivity index (χ3v) is 4.74. The fraction of sp³-hybridized carbons (Fsp3) is 0.611. The minimum atomic E-state index is -0.453. The standard InChI is InChI=1S/C18H28N4O2/c1-13-6-17-18(7-14(13)2)22(12-20-17)10-15(23)8-19-9-16-11-21(3)4-5-24-16/h6-7,12,15-16,19,23H,4-5,8-11H2,1-3H3/t15-,16-/m1/s1. The quantitative estimate of drug-likeness (QED) is 0.824. The van der Waals surface area contributed by atoms with Crippen LogP contribution in [-0.2, 0) is 11.3 Å². The van der Waals surface area contributed by atoms with Gasteiger partial charge in [-0.25, -0.2) is 4.98 Å². The Kier molecular flexibility index (Phi) is 5.50. The molecule has 0 unspecified atom stereocenters. The van der Waals surface area contributed by atoms with E-state index in [1.165, 1.54) is 11.1 Å². The summed E-state index contributed by atoms with van der Waals surface area (Å²) in [6.45, 7) is 8.77. The van der Waals surface area contributed by atoms with Crippen molar-refractivity contribution in [3.05, 3.63) is 29.6 Å². The van der Waals surface area contributed by atoms with E-state index in [0.29, 0.717) is 13.1 Å². The van der Waals surface area contributed by atoms with Gasteiger partial charge in [-0.15, -0.1) is 0 Å². The number of aliphatic hydroxyl groups excluding tert-OH is 1. The number of hydrogen-bond donors (Lipinski definition) is 2. The monoisotopic (exact) mass is 332 g/mol. The average molecular weight is 332 g/mol. The van der Waals surface area contributed by atoms with Crippen molar-refractivity contribution in [2.75, 3.05) is 39.8 Å². The number of rotatable bonds is 6. The minimum absolute atomic E-state index is 0.204. The Labute approximate surface area is 143 Å². The Bertz CT molecular complexity index is 685. The predicted octanol–water partition coefficient (Wildman–Crippen LogP) is 0.934. The number of nitrogens with zero attached hydrogens (tertiary/aromatic N) is 3. The molecule has 0 amide bonds. The summed E-state index contributed by atoms with van der Waals surface area (Å²) in [5, 5.41) is 13.6. The van der Waals surface area contributed by atoms with E-state index in [-0.39, 0.29) is 6.10 Å². The second-order valence-electron chi connectivity index (χ2n) is 6.89. The molecule has 6 nitrogen and oxygen atoms in total. The third-order valence-electron chi connectivity index (χ3n) is 4.74. The summed E-state index contributed by atoms with van der Waals surface area (Å²) in [5.74, 6) is 0. The Balaban J connectivity index is 1.51. The lowest BCUT2D eigenvalue weighted by molar-refractivity contribution is -0.0192. The molecule has 1 aliphatic rings. The number of aryl methyl sites for hydroxylation is 2. The largest absolute Gasteiger partial charge is 0.390 e. The molecular weight excluding hydrogens is 304 g/mol. The molecule has 2 heterocycles. The maximum atomic E-state index is 10.3. The second-order valence-corrected chi connectivity index (χ2v) is 6.89. The van der Waals surface area contributed by atoms with Crippen molar-refractivity contribution in [2.45, 2.75) is 32.6 Å². The minimum Gasteiger partial charge on any atom is -0.390 e. The molecule has 1 saturated heterocycles. The van der Waals surface area contributed by atoms with Gasteiger partial charge in [0.15, 0.2) is 0 Å². The van der Waals surface area contributed by atoms with E-state index >= 15 is 0 Å². The Morgan fingerprint density at radius 2 is 2.17 bits per heavy atom. The number of likely N-dealkylation sites (N-methyl/N-ethyl adjacent to an activating group) is 1. The van der Waals surface area contributed by atoms with Gasteiger partial charge in [-0.2, -0.15) is 0 Å². The van der Waals surface area contributed by atoms with Crippen molar-refractivity contribution in [3.63, 3.8) is 0 Å². The zero-order chi connectivity index (χ0) is 17.1. The van der Waals surface area contributed by atoms with Crippen LogP contribution in [0.3, 0.4) is 0 Å². The highest BCUT2D eigenvalue weighted by Gasteiger charge is 2.17. The average Bonchev–Trinajstić information content (AvgIpc) is 2.90. The highest BCUT2D eigenvalue weighted by Crippen LogP contribution is 2.18. The highest BCUT2D eigenvalue weighted by atomic mass is 16.5. The van der Waals surface area contributed by atoms with E-state index in [0.717, 1.165) is 37.3 Å². The lowest BCUT2D eigenvalue weighted by atomic mass is 10.1. The third kappa shape index (κ3) is 4.13. The first kappa shape index (κ1) is 17.4. The fourth-order valence-corrected chi connectivity index (χ4v) is 3.15. The Morgan fingerprint density at radius 3 is 2.96 bits per heavy atom. The topological polar surface area (TPSA) is 62.5 Å². The summed E-state index contributed by atoms with van der Waals surface area (Å²) in [6, 6.07) is 4.24. The van der Waals surface area contributed by atoms with Crippen LogP contribution in [0.5, 0.6) is 0 Å². The van der Waals surface area contributed by atoms with Gasteiger partial charge in [-0.1, -0.05) is 0 Å². The van der Waals surface area contributed by atoms with Gasteiger partial charge in [-0.3, -0.25) is 0 Å². The summed E-state index contributed by atoms with van der Waals surface area (Å²) in [4.78, 5) is 6.71. The van der Waals surface area contributed by atoms with Crippen molar-refractivity contribution in [3.8, 4) is 0 Å². The van der Waals surface area contributed by atoms with Crippen LogP contribution in [0.25, 0.3) is 11.0 Å². The van der Waals surface area contributed by atoms with Crippen LogP contribution in [0.1, 0.15) is 11.1 Å². The van der Waals surface area contributed by atoms with Crippen LogP contribution in [0, 0.1) is 13.8 Å². The molecule has 6 heteroatoms. The van der Waals surface area contributed by atoms with Crippen LogP contribution in [0.2, 0.25) is 0 Å². The van der Waals surface area contributed by atoms with E-state index in [2.05, 4.69) is 48.2 Å². The molecule has 1 aromatic heterocycles. The normalized spacial score (nSPS) is 20.6. The van der Waals surface area contributed by atoms with Crippen molar-refractivity contribution < 1.29 is 9.84 Å². The second kappa shape index (κ2) is 7.61. The van der Waals surface area contributed by atoms with E-state index < -0.39 is 6.10 Å². The number of nitrogens with one attached hydrogen (secondary N) is 1. The van der Waals surface area contributed by atoms with Gasteiger partial charge in [0.1, 0.15) is 0 Å². The SMILES string of the molecule is Cc1cc2ncn(C[C@H](O)CNC[C@@H]3CN(C)CCO3)c2cc1C. The van der Waals surface area contributed by atoms with Crippen molar-refractivity contribution in [1.82, 2.24) is 19.8 Å². The van der Waals surface area contributed by atoms with E-state index in [1.54, 1.807) is 0 Å². The highest BCUT2D eigenvalue weighted by molar-refractivity contribution is 5.77. The van der Waals surface area contributed by atoms with E-state index in [1.807, 2.05) is 10.9 Å². The molecule has 132 valence electrons. The summed E-state index contributed by atoms with van der Waals surface area (Å²) < 4.78 is 7.74. The number of morpholine rings is 1. The molecule has 2 atom stereocenters. The van der Waals surface area contributed by atoms with Gasteiger partial charge in [0.2, 0.25) is 0 Å². The zero-order valence-corrected chi connectivity index (χ0v) is 14.8. The molecule has 1 aromatic carbocycles. The van der Waals surface area contributed by atoms with Crippen molar-refractivity contribution in [1.29, 1.82) is 0 Å². The van der Waals surface area contributed by atoms with E-state index in [4.69, 9.17) is 4.74 Å². The molecule has 2 N–H and O–H groups in total. The first-order valence-electron chi connectivity index (χ1n) is 8.64. The molecule has 3 rings (SSSR count). The summed E-state index contributed by atoms with van der Waals surface area (Å²) in [7, 11) is 2.11. The zero-order valence-electron chi connectivity index (χ0n) is 14.8. The van der Waals surface area contributed by atoms with Gasteiger partial charge in [-0.05, 0) is 44.2 Å². The number of fused-ring (bicyclic) bond motifs is 1. The molecule has 1 aliphatic heterocycles. The van der Waals surface area contributed by atoms with Crippen LogP contribution in [0.4, 0.5) is 0 Å². The predicted molar refractivity (Wildman–Crippen MR) is 95.3 cm³/mol. The maximum absolute atomic E-state index is 10.3. The number of aliphatic hydroxyl groups is 1. The Morgan fingerprint density at radius 1 is 1.38 bits per heavy atom. The molecule has 0 spiro atoms. The van der Waals surface area contributed by atoms with Gasteiger partial charge >= 0.3 is 0 Å². The summed E-state index contributed by atoms with van der Waals surface area (Å²) in [5.41, 5.74) is 4.55. The van der Waals surface area contributed by atoms with Crippen LogP contribution < -0.4 is 5.32 Å². The van der Waals surface area contributed by atoms with Gasteiger partial charge in [0.25, 0.3) is 0 Å². The number of ether oxygens (including phenoxy) is 1. The molecule has 24 heavy (non-hydrogen) atoms. The molecule has 0 radical (unpaired) electrons. The number of aromatic nitrogens is 2. The van der Waals surface area contributed by atoms with Crippen molar-refractivity contribution in [2.24, 2.45) is 0 Å². The van der Waals surface area contributed by atoms with Gasteiger partial charge < -0.3 is 24.6 Å². The molecule has 0 bridgehead atoms. The molecule has 2 aromatic rings. The number of benzene rings is 1. The van der Waals surface area contributed by atoms with E-state index in [9.17, 15) is 5.11 Å². The van der Waals surface area contributed by atoms with Crippen molar-refractivity contribution >= 4 is 11.0 Å². The smallest absolute Gasteiger partial charge is 0.0959 e. The first-order valence-corrected chi connectivity index (χ1v) is 8.64. The molecule has 1 fully saturated rings. The van der Waals surface area contributed by atoms with Gasteiger partial charge in [0.05, 0.1) is 42.7 Å². The fourth-order valence-electron chi connectivity index (χ4n) is 3.15. The first-order chi connectivity index (χ1) is 11.5. The lowest BCUT2D eigenvalue weighted by Crippen LogP contribution is -2.46. The molecule has 0 aliphatic carbocycles. The number of imidazole rings is 1. The van der Waals surface area contributed by atoms with Crippen LogP contribution in [0.15, 0.2) is 18.5 Å². The van der Waals surface area contributed by atoms with Crippen LogP contribution in [-0.4, -0.2) is 71.6 Å². The van der Waals surface area contributed by atoms with Gasteiger partial charge in [0, 0.05) is 26.2 Å². The molecule has 0 saturated carbocycles. The molecular formula is C18H28N4O2. The Hall–Kier alpha value is -1.47. The maximum Gasteiger partial charge on any atom is 0.0959 e. The number of hydrogen-bond acceptors (Lipinski definition) is 5. The lowest BCUT2D eigenvalue weighted by Gasteiger charge is -2.30.